The third-order valence-corrected chi connectivity index (χ3v) is 5.19. The molecule has 0 saturated carbocycles. The van der Waals surface area contributed by atoms with Crippen molar-refractivity contribution < 1.29 is 4.39 Å². The average molecular weight is 385 g/mol. The first-order valence-electron chi connectivity index (χ1n) is 10.7. The Morgan fingerprint density at radius 2 is 1.15 bits per heavy atom. The van der Waals surface area contributed by atoms with Gasteiger partial charge in [0.25, 0.3) is 5.56 Å². The van der Waals surface area contributed by atoms with E-state index in [-0.39, 0.29) is 4.77 Å². The zero-order valence-corrected chi connectivity index (χ0v) is 17.3. The average Bonchev–Trinajstić information content (AvgIpc) is 2.62. The highest BCUT2D eigenvalue weighted by Gasteiger charge is 2.06. The maximum Gasteiger partial charge on any atom is 0.287 e. The van der Waals surface area contributed by atoms with E-state index in [2.05, 4.69) is 16.9 Å². The minimum Gasteiger partial charge on any atom is -0.333 e. The van der Waals surface area contributed by atoms with Crippen molar-refractivity contribution in [2.45, 2.75) is 110 Å². The van der Waals surface area contributed by atoms with Crippen molar-refractivity contribution in [1.82, 2.24) is 9.97 Å². The Bertz CT molecular complexity index is 582. The Kier molecular flexibility index (Phi) is 13.4. The molecule has 0 aliphatic carbocycles. The van der Waals surface area contributed by atoms with Crippen LogP contribution in [0.2, 0.25) is 0 Å². The monoisotopic (exact) mass is 384 g/mol. The number of aromatic amines is 2. The van der Waals surface area contributed by atoms with Gasteiger partial charge in [-0.2, -0.15) is 4.39 Å². The third kappa shape index (κ3) is 10.9. The molecule has 0 bridgehead atoms. The number of halogens is 1. The fraction of sp³-hybridized carbons (Fsp3) is 0.810. The molecule has 26 heavy (non-hydrogen) atoms. The van der Waals surface area contributed by atoms with Crippen LogP contribution in [0, 0.1) is 10.6 Å². The molecule has 1 aromatic rings. The standard InChI is InChI=1S/C21H37FN2OS/c1-2-3-4-5-6-7-8-9-10-11-12-13-14-15-16-17-18-19(22)20(25)24-21(26)23-18/h2-17H2,1H3,(H2,23,24,25,26). The second-order valence-corrected chi connectivity index (χ2v) is 7.81. The van der Waals surface area contributed by atoms with Gasteiger partial charge < -0.3 is 4.98 Å². The number of nitrogens with one attached hydrogen (secondary N) is 2. The van der Waals surface area contributed by atoms with Crippen LogP contribution in [0.15, 0.2) is 4.79 Å². The van der Waals surface area contributed by atoms with Gasteiger partial charge in [-0.1, -0.05) is 96.8 Å². The van der Waals surface area contributed by atoms with Crippen LogP contribution < -0.4 is 5.56 Å². The quantitative estimate of drug-likeness (QED) is 0.238. The molecule has 3 nitrogen and oxygen atoms in total. The lowest BCUT2D eigenvalue weighted by atomic mass is 10.0. The smallest absolute Gasteiger partial charge is 0.287 e. The summed E-state index contributed by atoms with van der Waals surface area (Å²) in [5.74, 6) is -0.719. The molecule has 0 spiro atoms. The van der Waals surface area contributed by atoms with Crippen LogP contribution in [0.1, 0.15) is 109 Å². The van der Waals surface area contributed by atoms with Gasteiger partial charge >= 0.3 is 0 Å². The summed E-state index contributed by atoms with van der Waals surface area (Å²) in [6.07, 6.45) is 20.1. The molecule has 5 heteroatoms. The van der Waals surface area contributed by atoms with E-state index in [1.54, 1.807) is 0 Å². The molecule has 0 aliphatic heterocycles. The normalized spacial score (nSPS) is 11.2. The molecule has 1 aromatic heterocycles. The summed E-state index contributed by atoms with van der Waals surface area (Å²) in [4.78, 5) is 16.3. The first kappa shape index (κ1) is 23.1. The Labute approximate surface area is 163 Å². The summed E-state index contributed by atoms with van der Waals surface area (Å²) in [6.45, 7) is 2.26. The molecule has 0 radical (unpaired) electrons. The van der Waals surface area contributed by atoms with E-state index in [1.165, 1.54) is 83.5 Å². The topological polar surface area (TPSA) is 48.6 Å². The minimum atomic E-state index is -0.719. The van der Waals surface area contributed by atoms with Gasteiger partial charge in [0.05, 0.1) is 5.69 Å². The van der Waals surface area contributed by atoms with Crippen LogP contribution in [0.3, 0.4) is 0 Å². The van der Waals surface area contributed by atoms with Gasteiger partial charge in [0.2, 0.25) is 5.82 Å². The SMILES string of the molecule is CCCCCCCCCCCCCCCCCc1[nH]c(=S)[nH]c(=O)c1F. The molecular weight excluding hydrogens is 347 g/mol. The third-order valence-electron chi connectivity index (χ3n) is 4.99. The van der Waals surface area contributed by atoms with Gasteiger partial charge in [-0.3, -0.25) is 9.78 Å². The summed E-state index contributed by atoms with van der Waals surface area (Å²) in [5.41, 5.74) is -0.377. The van der Waals surface area contributed by atoms with Gasteiger partial charge in [0, 0.05) is 0 Å². The second kappa shape index (κ2) is 15.1. The predicted molar refractivity (Wildman–Crippen MR) is 111 cm³/mol. The number of aromatic nitrogens is 2. The van der Waals surface area contributed by atoms with Crippen LogP contribution in [-0.2, 0) is 6.42 Å². The molecule has 0 atom stereocenters. The van der Waals surface area contributed by atoms with E-state index in [0.717, 1.165) is 12.8 Å². The van der Waals surface area contributed by atoms with Gasteiger partial charge in [-0.25, -0.2) is 0 Å². The second-order valence-electron chi connectivity index (χ2n) is 7.40. The lowest BCUT2D eigenvalue weighted by Crippen LogP contribution is -2.16. The number of unbranched alkanes of at least 4 members (excludes halogenated alkanes) is 14. The van der Waals surface area contributed by atoms with Crippen LogP contribution in [0.25, 0.3) is 0 Å². The van der Waals surface area contributed by atoms with Gasteiger partial charge in [0.15, 0.2) is 4.77 Å². The highest BCUT2D eigenvalue weighted by Crippen LogP contribution is 2.14. The predicted octanol–water partition coefficient (Wildman–Crippen LogP) is 6.99. The van der Waals surface area contributed by atoms with E-state index >= 15 is 0 Å². The van der Waals surface area contributed by atoms with Crippen LogP contribution >= 0.6 is 12.2 Å². The zero-order chi connectivity index (χ0) is 19.0. The maximum absolute atomic E-state index is 13.6. The van der Waals surface area contributed by atoms with Crippen molar-refractivity contribution in [1.29, 1.82) is 0 Å². The lowest BCUT2D eigenvalue weighted by Gasteiger charge is -2.04. The van der Waals surface area contributed by atoms with Crippen LogP contribution in [0.5, 0.6) is 0 Å². The zero-order valence-electron chi connectivity index (χ0n) is 16.5. The Morgan fingerprint density at radius 1 is 0.731 bits per heavy atom. The molecular formula is C21H37FN2OS. The number of hydrogen-bond acceptors (Lipinski definition) is 2. The molecule has 0 aliphatic rings. The summed E-state index contributed by atoms with van der Waals surface area (Å²) in [5, 5.41) is 0. The van der Waals surface area contributed by atoms with Crippen molar-refractivity contribution in [2.24, 2.45) is 0 Å². The van der Waals surface area contributed by atoms with Gasteiger partial charge in [-0.05, 0) is 25.1 Å². The Hall–Kier alpha value is -0.970. The molecule has 0 saturated heterocycles. The molecule has 150 valence electrons. The first-order valence-corrected chi connectivity index (χ1v) is 11.1. The number of hydrogen-bond donors (Lipinski definition) is 2. The van der Waals surface area contributed by atoms with E-state index in [1.807, 2.05) is 0 Å². The fourth-order valence-electron chi connectivity index (χ4n) is 3.36. The highest BCUT2D eigenvalue weighted by atomic mass is 32.1. The molecule has 0 amide bonds. The molecule has 0 unspecified atom stereocenters. The first-order chi connectivity index (χ1) is 12.6. The van der Waals surface area contributed by atoms with Crippen LogP contribution in [0.4, 0.5) is 4.39 Å². The largest absolute Gasteiger partial charge is 0.333 e. The lowest BCUT2D eigenvalue weighted by molar-refractivity contribution is 0.527. The minimum absolute atomic E-state index is 0.201. The molecule has 0 fully saturated rings. The molecule has 1 heterocycles. The van der Waals surface area contributed by atoms with Crippen LogP contribution in [-0.4, -0.2) is 9.97 Å². The summed E-state index contributed by atoms with van der Waals surface area (Å²) >= 11 is 4.88. The summed E-state index contributed by atoms with van der Waals surface area (Å²) in [7, 11) is 0. The van der Waals surface area contributed by atoms with Gasteiger partial charge in [-0.15, -0.1) is 0 Å². The summed E-state index contributed by atoms with van der Waals surface area (Å²) in [6, 6.07) is 0. The Morgan fingerprint density at radius 3 is 1.62 bits per heavy atom. The van der Waals surface area contributed by atoms with Crippen molar-refractivity contribution in [3.8, 4) is 0 Å². The van der Waals surface area contributed by atoms with E-state index in [4.69, 9.17) is 12.2 Å². The Balaban J connectivity index is 1.90. The fourth-order valence-corrected chi connectivity index (χ4v) is 3.58. The highest BCUT2D eigenvalue weighted by molar-refractivity contribution is 7.71. The molecule has 1 rings (SSSR count). The van der Waals surface area contributed by atoms with Gasteiger partial charge in [0.1, 0.15) is 0 Å². The van der Waals surface area contributed by atoms with Crippen molar-refractivity contribution >= 4 is 12.2 Å². The number of rotatable bonds is 16. The number of aryl methyl sites for hydroxylation is 1. The number of H-pyrrole nitrogens is 2. The van der Waals surface area contributed by atoms with Crippen molar-refractivity contribution in [3.05, 3.63) is 26.6 Å². The maximum atomic E-state index is 13.6. The van der Waals surface area contributed by atoms with E-state index in [9.17, 15) is 9.18 Å². The molecule has 2 N–H and O–H groups in total. The summed E-state index contributed by atoms with van der Waals surface area (Å²) < 4.78 is 13.8. The van der Waals surface area contributed by atoms with E-state index in [0.29, 0.717) is 12.1 Å². The van der Waals surface area contributed by atoms with Crippen molar-refractivity contribution in [2.75, 3.05) is 0 Å². The molecule has 0 aromatic carbocycles. The van der Waals surface area contributed by atoms with Crippen molar-refractivity contribution in [3.63, 3.8) is 0 Å². The van der Waals surface area contributed by atoms with E-state index < -0.39 is 11.4 Å².